The Morgan fingerprint density at radius 3 is 2.37 bits per heavy atom. The molecule has 5 heteroatoms. The first-order chi connectivity index (χ1) is 13.0. The molecule has 0 unspecified atom stereocenters. The molecule has 0 bridgehead atoms. The molecule has 1 aliphatic heterocycles. The monoisotopic (exact) mass is 368 g/mol. The summed E-state index contributed by atoms with van der Waals surface area (Å²) in [6.45, 7) is 9.92. The number of benzene rings is 2. The van der Waals surface area contributed by atoms with E-state index in [2.05, 4.69) is 35.3 Å². The summed E-state index contributed by atoms with van der Waals surface area (Å²) >= 11 is 0. The number of rotatable bonds is 5. The van der Waals surface area contributed by atoms with Gasteiger partial charge in [-0.25, -0.2) is 0 Å². The standard InChI is InChI=1S/C22H29N3O2/c1-16-5-10-21(17(2)15-16)23-22(26)18(3)24-11-13-25(14-12-24)19-6-8-20(27-4)9-7-19/h5-10,15,18H,11-14H2,1-4H3,(H,23,26)/p+1/t18-/m1/s1. The minimum Gasteiger partial charge on any atom is -0.497 e. The zero-order chi connectivity index (χ0) is 19.4. The van der Waals surface area contributed by atoms with Crippen molar-refractivity contribution in [3.8, 4) is 5.75 Å². The van der Waals surface area contributed by atoms with Crippen LogP contribution in [-0.2, 0) is 4.79 Å². The summed E-state index contributed by atoms with van der Waals surface area (Å²) in [6, 6.07) is 14.2. The number of nitrogens with one attached hydrogen (secondary N) is 2. The molecule has 27 heavy (non-hydrogen) atoms. The lowest BCUT2D eigenvalue weighted by atomic mass is 10.1. The van der Waals surface area contributed by atoms with E-state index in [1.54, 1.807) is 7.11 Å². The quantitative estimate of drug-likeness (QED) is 0.849. The van der Waals surface area contributed by atoms with Gasteiger partial charge in [0.1, 0.15) is 5.75 Å². The van der Waals surface area contributed by atoms with E-state index in [0.29, 0.717) is 0 Å². The number of methoxy groups -OCH3 is 1. The van der Waals surface area contributed by atoms with Gasteiger partial charge in [0.2, 0.25) is 0 Å². The average molecular weight is 369 g/mol. The van der Waals surface area contributed by atoms with Crippen molar-refractivity contribution in [1.29, 1.82) is 0 Å². The molecule has 1 aliphatic rings. The van der Waals surface area contributed by atoms with Crippen LogP contribution in [0, 0.1) is 13.8 Å². The van der Waals surface area contributed by atoms with Crippen LogP contribution in [0.25, 0.3) is 0 Å². The van der Waals surface area contributed by atoms with E-state index in [9.17, 15) is 4.79 Å². The second-order valence-corrected chi connectivity index (χ2v) is 7.37. The van der Waals surface area contributed by atoms with Crippen molar-refractivity contribution >= 4 is 17.3 Å². The van der Waals surface area contributed by atoms with Gasteiger partial charge >= 0.3 is 0 Å². The number of piperazine rings is 1. The normalized spacial score (nSPS) is 16.1. The van der Waals surface area contributed by atoms with E-state index in [4.69, 9.17) is 4.74 Å². The fourth-order valence-electron chi connectivity index (χ4n) is 3.66. The van der Waals surface area contributed by atoms with Crippen LogP contribution < -0.4 is 19.9 Å². The number of ether oxygens (including phenoxy) is 1. The average Bonchev–Trinajstić information content (AvgIpc) is 2.69. The summed E-state index contributed by atoms with van der Waals surface area (Å²) in [7, 11) is 1.68. The van der Waals surface area contributed by atoms with Crippen molar-refractivity contribution in [3.05, 3.63) is 53.6 Å². The molecule has 1 atom stereocenters. The maximum absolute atomic E-state index is 12.7. The summed E-state index contributed by atoms with van der Waals surface area (Å²) in [5, 5.41) is 3.10. The number of quaternary nitrogens is 1. The molecular weight excluding hydrogens is 338 g/mol. The Kier molecular flexibility index (Phi) is 6.01. The van der Waals surface area contributed by atoms with Crippen LogP contribution in [0.15, 0.2) is 42.5 Å². The first kappa shape index (κ1) is 19.2. The Balaban J connectivity index is 1.55. The van der Waals surface area contributed by atoms with Crippen LogP contribution in [0.4, 0.5) is 11.4 Å². The van der Waals surface area contributed by atoms with Gasteiger partial charge in [0.15, 0.2) is 6.04 Å². The van der Waals surface area contributed by atoms with Gasteiger partial charge in [-0.05, 0) is 56.7 Å². The second kappa shape index (κ2) is 8.44. The molecule has 1 amide bonds. The van der Waals surface area contributed by atoms with E-state index >= 15 is 0 Å². The Labute approximate surface area is 161 Å². The number of aryl methyl sites for hydroxylation is 2. The van der Waals surface area contributed by atoms with E-state index in [1.807, 2.05) is 38.1 Å². The molecule has 2 aromatic carbocycles. The molecule has 0 saturated carbocycles. The molecule has 2 aromatic rings. The Morgan fingerprint density at radius 2 is 1.78 bits per heavy atom. The highest BCUT2D eigenvalue weighted by molar-refractivity contribution is 5.94. The molecule has 5 nitrogen and oxygen atoms in total. The van der Waals surface area contributed by atoms with Gasteiger partial charge in [-0.1, -0.05) is 17.7 Å². The van der Waals surface area contributed by atoms with E-state index in [-0.39, 0.29) is 11.9 Å². The van der Waals surface area contributed by atoms with Gasteiger partial charge in [-0.3, -0.25) is 4.79 Å². The molecule has 1 fully saturated rings. The number of anilines is 2. The van der Waals surface area contributed by atoms with Crippen molar-refractivity contribution in [3.63, 3.8) is 0 Å². The highest BCUT2D eigenvalue weighted by Crippen LogP contribution is 2.19. The largest absolute Gasteiger partial charge is 0.497 e. The molecule has 1 heterocycles. The third-order valence-electron chi connectivity index (χ3n) is 5.49. The fourth-order valence-corrected chi connectivity index (χ4v) is 3.66. The molecule has 1 saturated heterocycles. The summed E-state index contributed by atoms with van der Waals surface area (Å²) in [5.41, 5.74) is 4.43. The Hall–Kier alpha value is -2.53. The fraction of sp³-hybridized carbons (Fsp3) is 0.409. The topological polar surface area (TPSA) is 46.0 Å². The molecule has 0 radical (unpaired) electrons. The maximum Gasteiger partial charge on any atom is 0.282 e. The van der Waals surface area contributed by atoms with Crippen LogP contribution in [0.3, 0.4) is 0 Å². The number of hydrogen-bond acceptors (Lipinski definition) is 3. The minimum absolute atomic E-state index is 0.0660. The predicted octanol–water partition coefficient (Wildman–Crippen LogP) is 2.04. The van der Waals surface area contributed by atoms with Crippen LogP contribution in [0.5, 0.6) is 5.75 Å². The number of amides is 1. The van der Waals surface area contributed by atoms with Gasteiger partial charge in [-0.2, -0.15) is 0 Å². The lowest BCUT2D eigenvalue weighted by molar-refractivity contribution is -0.914. The van der Waals surface area contributed by atoms with Gasteiger partial charge in [0.05, 0.1) is 33.3 Å². The predicted molar refractivity (Wildman–Crippen MR) is 110 cm³/mol. The lowest BCUT2D eigenvalue weighted by Crippen LogP contribution is -3.19. The van der Waals surface area contributed by atoms with Gasteiger partial charge in [0, 0.05) is 11.4 Å². The third-order valence-corrected chi connectivity index (χ3v) is 5.49. The smallest absolute Gasteiger partial charge is 0.282 e. The summed E-state index contributed by atoms with van der Waals surface area (Å²) < 4.78 is 5.23. The highest BCUT2D eigenvalue weighted by Gasteiger charge is 2.29. The van der Waals surface area contributed by atoms with Crippen molar-refractivity contribution in [1.82, 2.24) is 0 Å². The molecule has 2 N–H and O–H groups in total. The lowest BCUT2D eigenvalue weighted by Gasteiger charge is -2.36. The molecular formula is C22H30N3O2+. The van der Waals surface area contributed by atoms with Crippen LogP contribution >= 0.6 is 0 Å². The Bertz CT molecular complexity index is 781. The summed E-state index contributed by atoms with van der Waals surface area (Å²) in [4.78, 5) is 16.4. The number of hydrogen-bond donors (Lipinski definition) is 2. The van der Waals surface area contributed by atoms with Crippen LogP contribution in [0.2, 0.25) is 0 Å². The third kappa shape index (κ3) is 4.61. The van der Waals surface area contributed by atoms with Crippen molar-refractivity contribution in [2.24, 2.45) is 0 Å². The van der Waals surface area contributed by atoms with E-state index in [0.717, 1.165) is 43.2 Å². The zero-order valence-electron chi connectivity index (χ0n) is 16.7. The zero-order valence-corrected chi connectivity index (χ0v) is 16.7. The molecule has 144 valence electrons. The van der Waals surface area contributed by atoms with Gasteiger partial charge < -0.3 is 19.9 Å². The second-order valence-electron chi connectivity index (χ2n) is 7.37. The first-order valence-corrected chi connectivity index (χ1v) is 9.59. The number of carbonyl (C=O) groups is 1. The first-order valence-electron chi connectivity index (χ1n) is 9.59. The maximum atomic E-state index is 12.7. The molecule has 0 aliphatic carbocycles. The summed E-state index contributed by atoms with van der Waals surface area (Å²) in [6.07, 6.45) is 0. The highest BCUT2D eigenvalue weighted by atomic mass is 16.5. The van der Waals surface area contributed by atoms with E-state index < -0.39 is 0 Å². The van der Waals surface area contributed by atoms with Crippen molar-refractivity contribution in [2.45, 2.75) is 26.8 Å². The minimum atomic E-state index is -0.0660. The number of carbonyl (C=O) groups excluding carboxylic acids is 1. The molecule has 0 aromatic heterocycles. The SMILES string of the molecule is COc1ccc(N2CC[NH+]([C@H](C)C(=O)Nc3ccc(C)cc3C)CC2)cc1. The van der Waals surface area contributed by atoms with Crippen LogP contribution in [0.1, 0.15) is 18.1 Å². The Morgan fingerprint density at radius 1 is 1.11 bits per heavy atom. The van der Waals surface area contributed by atoms with Crippen molar-refractivity contribution < 1.29 is 14.4 Å². The van der Waals surface area contributed by atoms with Gasteiger partial charge in [0.25, 0.3) is 5.91 Å². The number of nitrogens with zero attached hydrogens (tertiary/aromatic N) is 1. The van der Waals surface area contributed by atoms with E-state index in [1.165, 1.54) is 16.2 Å². The molecule has 0 spiro atoms. The molecule has 3 rings (SSSR count). The van der Waals surface area contributed by atoms with Crippen LogP contribution in [-0.4, -0.2) is 45.2 Å². The van der Waals surface area contributed by atoms with Gasteiger partial charge in [-0.15, -0.1) is 0 Å². The van der Waals surface area contributed by atoms with Crippen molar-refractivity contribution in [2.75, 3.05) is 43.5 Å². The summed E-state index contributed by atoms with van der Waals surface area (Å²) in [5.74, 6) is 0.967.